The van der Waals surface area contributed by atoms with E-state index in [9.17, 15) is 5.11 Å². The van der Waals surface area contributed by atoms with E-state index in [1.54, 1.807) is 12.5 Å². The molecule has 0 spiro atoms. The Kier molecular flexibility index (Phi) is 5.32. The predicted octanol–water partition coefficient (Wildman–Crippen LogP) is 5.61. The van der Waals surface area contributed by atoms with E-state index in [4.69, 9.17) is 0 Å². The van der Waals surface area contributed by atoms with Gasteiger partial charge in [-0.3, -0.25) is 0 Å². The third-order valence-corrected chi connectivity index (χ3v) is 5.39. The molecule has 3 nitrogen and oxygen atoms in total. The number of imidazole rings is 1. The van der Waals surface area contributed by atoms with Crippen molar-refractivity contribution in [3.05, 3.63) is 113 Å². The predicted molar refractivity (Wildman–Crippen MR) is 118 cm³/mol. The molecule has 1 unspecified atom stereocenters. The molecule has 0 aliphatic rings. The summed E-state index contributed by atoms with van der Waals surface area (Å²) in [6, 6.07) is 23.1. The first-order valence-electron chi connectivity index (χ1n) is 9.92. The molecule has 0 amide bonds. The molecule has 3 heteroatoms. The standard InChI is InChI=1S/C26H26N2O/c1-18-7-10-22(11-8-18)26(29)25-15-27-17-28(25)16-21-9-12-24(20(3)14-21)23-6-4-5-19(2)13-23/h4-15,17,26,29H,16H2,1-3H3. The van der Waals surface area contributed by atoms with E-state index in [1.807, 2.05) is 35.8 Å². The molecule has 4 rings (SSSR count). The van der Waals surface area contributed by atoms with E-state index in [-0.39, 0.29) is 0 Å². The van der Waals surface area contributed by atoms with Gasteiger partial charge in [0.05, 0.1) is 18.2 Å². The molecule has 4 aromatic rings. The van der Waals surface area contributed by atoms with Crippen LogP contribution in [0.25, 0.3) is 11.1 Å². The molecule has 29 heavy (non-hydrogen) atoms. The molecule has 1 heterocycles. The molecule has 3 aromatic carbocycles. The lowest BCUT2D eigenvalue weighted by Gasteiger charge is -2.15. The second-order valence-corrected chi connectivity index (χ2v) is 7.78. The van der Waals surface area contributed by atoms with Crippen molar-refractivity contribution in [1.29, 1.82) is 0 Å². The second kappa shape index (κ2) is 8.06. The summed E-state index contributed by atoms with van der Waals surface area (Å²) in [6.07, 6.45) is 2.85. The lowest BCUT2D eigenvalue weighted by Crippen LogP contribution is -2.09. The number of hydrogen-bond acceptors (Lipinski definition) is 2. The average Bonchev–Trinajstić information content (AvgIpc) is 3.16. The van der Waals surface area contributed by atoms with Crippen LogP contribution in [0.3, 0.4) is 0 Å². The monoisotopic (exact) mass is 382 g/mol. The summed E-state index contributed by atoms with van der Waals surface area (Å²) >= 11 is 0. The second-order valence-electron chi connectivity index (χ2n) is 7.78. The van der Waals surface area contributed by atoms with E-state index < -0.39 is 6.10 Å². The minimum atomic E-state index is -0.689. The summed E-state index contributed by atoms with van der Waals surface area (Å²) in [4.78, 5) is 4.28. The highest BCUT2D eigenvalue weighted by molar-refractivity contribution is 5.68. The molecule has 0 saturated heterocycles. The number of aliphatic hydroxyl groups excluding tert-OH is 1. The maximum atomic E-state index is 10.8. The van der Waals surface area contributed by atoms with Crippen molar-refractivity contribution in [3.8, 4) is 11.1 Å². The number of aromatic nitrogens is 2. The fourth-order valence-corrected chi connectivity index (χ4v) is 3.77. The molecule has 146 valence electrons. The van der Waals surface area contributed by atoms with Crippen LogP contribution in [0.5, 0.6) is 0 Å². The van der Waals surface area contributed by atoms with Gasteiger partial charge >= 0.3 is 0 Å². The van der Waals surface area contributed by atoms with E-state index in [1.165, 1.54) is 33.4 Å². The normalized spacial score (nSPS) is 12.1. The van der Waals surface area contributed by atoms with Crippen molar-refractivity contribution in [2.45, 2.75) is 33.4 Å². The van der Waals surface area contributed by atoms with Crippen molar-refractivity contribution in [2.24, 2.45) is 0 Å². The summed E-state index contributed by atoms with van der Waals surface area (Å²) in [5.74, 6) is 0. The lowest BCUT2D eigenvalue weighted by molar-refractivity contribution is 0.210. The van der Waals surface area contributed by atoms with Gasteiger partial charge in [0.1, 0.15) is 6.10 Å². The minimum Gasteiger partial charge on any atom is -0.382 e. The van der Waals surface area contributed by atoms with Crippen molar-refractivity contribution >= 4 is 0 Å². The van der Waals surface area contributed by atoms with E-state index >= 15 is 0 Å². The number of benzene rings is 3. The highest BCUT2D eigenvalue weighted by atomic mass is 16.3. The summed E-state index contributed by atoms with van der Waals surface area (Å²) in [5.41, 5.74) is 9.05. The third-order valence-electron chi connectivity index (χ3n) is 5.39. The number of nitrogens with zero attached hydrogens (tertiary/aromatic N) is 2. The Hall–Kier alpha value is -3.17. The van der Waals surface area contributed by atoms with Crippen molar-refractivity contribution in [2.75, 3.05) is 0 Å². The SMILES string of the molecule is Cc1ccc(C(O)c2cncn2Cc2ccc(-c3cccc(C)c3)c(C)c2)cc1. The molecule has 0 radical (unpaired) electrons. The van der Waals surface area contributed by atoms with Crippen LogP contribution < -0.4 is 0 Å². The minimum absolute atomic E-state index is 0.674. The first-order valence-corrected chi connectivity index (χ1v) is 9.92. The van der Waals surface area contributed by atoms with Crippen LogP contribution in [0.15, 0.2) is 79.3 Å². The quantitative estimate of drug-likeness (QED) is 0.487. The molecule has 1 atom stereocenters. The summed E-state index contributed by atoms with van der Waals surface area (Å²) in [5, 5.41) is 10.8. The summed E-state index contributed by atoms with van der Waals surface area (Å²) in [7, 11) is 0. The number of hydrogen-bond donors (Lipinski definition) is 1. The van der Waals surface area contributed by atoms with Gasteiger partial charge in [-0.2, -0.15) is 0 Å². The largest absolute Gasteiger partial charge is 0.382 e. The van der Waals surface area contributed by atoms with Crippen LogP contribution in [0.4, 0.5) is 0 Å². The maximum Gasteiger partial charge on any atom is 0.121 e. The van der Waals surface area contributed by atoms with Gasteiger partial charge in [0.25, 0.3) is 0 Å². The fraction of sp³-hybridized carbons (Fsp3) is 0.192. The number of aryl methyl sites for hydroxylation is 3. The molecule has 1 N–H and O–H groups in total. The Morgan fingerprint density at radius 3 is 2.41 bits per heavy atom. The van der Waals surface area contributed by atoms with Gasteiger partial charge in [0.15, 0.2) is 0 Å². The van der Waals surface area contributed by atoms with Crippen molar-refractivity contribution in [1.82, 2.24) is 9.55 Å². The molecule has 0 aliphatic heterocycles. The summed E-state index contributed by atoms with van der Waals surface area (Å²) < 4.78 is 2.02. The van der Waals surface area contributed by atoms with Crippen LogP contribution in [-0.4, -0.2) is 14.7 Å². The third kappa shape index (κ3) is 4.15. The molecular formula is C26H26N2O. The van der Waals surface area contributed by atoms with Crippen LogP contribution >= 0.6 is 0 Å². The van der Waals surface area contributed by atoms with Gasteiger partial charge in [0, 0.05) is 6.54 Å². The topological polar surface area (TPSA) is 38.1 Å². The van der Waals surface area contributed by atoms with Gasteiger partial charge in [-0.1, -0.05) is 77.9 Å². The highest BCUT2D eigenvalue weighted by Gasteiger charge is 2.15. The van der Waals surface area contributed by atoms with Gasteiger partial charge in [-0.25, -0.2) is 4.98 Å². The van der Waals surface area contributed by atoms with E-state index in [0.29, 0.717) is 6.54 Å². The zero-order valence-electron chi connectivity index (χ0n) is 17.1. The molecule has 0 bridgehead atoms. The first kappa shape index (κ1) is 19.2. The van der Waals surface area contributed by atoms with Crippen molar-refractivity contribution < 1.29 is 5.11 Å². The Balaban J connectivity index is 1.58. The lowest BCUT2D eigenvalue weighted by atomic mass is 9.97. The Morgan fingerprint density at radius 1 is 0.897 bits per heavy atom. The zero-order valence-corrected chi connectivity index (χ0v) is 17.1. The fourth-order valence-electron chi connectivity index (χ4n) is 3.77. The van der Waals surface area contributed by atoms with E-state index in [2.05, 4.69) is 61.3 Å². The first-order chi connectivity index (χ1) is 14.0. The van der Waals surface area contributed by atoms with E-state index in [0.717, 1.165) is 11.3 Å². The average molecular weight is 383 g/mol. The van der Waals surface area contributed by atoms with Crippen LogP contribution in [0, 0.1) is 20.8 Å². The molecule has 1 aromatic heterocycles. The van der Waals surface area contributed by atoms with Crippen LogP contribution in [0.1, 0.15) is 39.6 Å². The number of aliphatic hydroxyl groups is 1. The van der Waals surface area contributed by atoms with Crippen LogP contribution in [0.2, 0.25) is 0 Å². The number of rotatable bonds is 5. The van der Waals surface area contributed by atoms with Gasteiger partial charge in [-0.15, -0.1) is 0 Å². The molecule has 0 aliphatic carbocycles. The summed E-state index contributed by atoms with van der Waals surface area (Å²) in [6.45, 7) is 6.99. The Morgan fingerprint density at radius 2 is 1.69 bits per heavy atom. The van der Waals surface area contributed by atoms with Gasteiger partial charge < -0.3 is 9.67 Å². The molecular weight excluding hydrogens is 356 g/mol. The highest BCUT2D eigenvalue weighted by Crippen LogP contribution is 2.27. The molecule has 0 fully saturated rings. The Labute approximate surface area is 172 Å². The smallest absolute Gasteiger partial charge is 0.121 e. The Bertz CT molecular complexity index is 1130. The molecule has 0 saturated carbocycles. The van der Waals surface area contributed by atoms with Crippen LogP contribution in [-0.2, 0) is 6.54 Å². The maximum absolute atomic E-state index is 10.8. The van der Waals surface area contributed by atoms with Gasteiger partial charge in [0.2, 0.25) is 0 Å². The zero-order chi connectivity index (χ0) is 20.4. The van der Waals surface area contributed by atoms with Gasteiger partial charge in [-0.05, 0) is 48.6 Å². The van der Waals surface area contributed by atoms with Crippen molar-refractivity contribution in [3.63, 3.8) is 0 Å².